The van der Waals surface area contributed by atoms with Gasteiger partial charge in [0.2, 0.25) is 5.78 Å². The molecule has 0 saturated heterocycles. The zero-order chi connectivity index (χ0) is 34.1. The molecule has 3 aromatic carbocycles. The summed E-state index contributed by atoms with van der Waals surface area (Å²) in [6, 6.07) is 16.8. The first-order valence-corrected chi connectivity index (χ1v) is 15.8. The number of carbonyl (C=O) groups is 3. The maximum Gasteiger partial charge on any atom is 0.220 e. The molecule has 9 nitrogen and oxygen atoms in total. The van der Waals surface area contributed by atoms with Gasteiger partial charge in [-0.15, -0.1) is 6.58 Å². The molecule has 0 fully saturated rings. The zero-order valence-corrected chi connectivity index (χ0v) is 27.6. The molecule has 248 valence electrons. The number of ether oxygens (including phenoxy) is 6. The first-order chi connectivity index (χ1) is 23.2. The summed E-state index contributed by atoms with van der Waals surface area (Å²) in [5.41, 5.74) is 3.73. The van der Waals surface area contributed by atoms with E-state index in [-0.39, 0.29) is 41.2 Å². The largest absolute Gasteiger partial charge is 0.493 e. The van der Waals surface area contributed by atoms with E-state index in [0.29, 0.717) is 46.7 Å². The summed E-state index contributed by atoms with van der Waals surface area (Å²) in [7, 11) is 4.53. The number of allylic oxidation sites excluding steroid dienone is 4. The standard InChI is InChI=1S/C23H24O6.C16H14O3/c1-11(2)16-8-14-15(28-16)6-5-12-22(24)21-13-7-18(25-3)19(26-4)9-17(13)27-10-20(21)29-23(12)14;1-3-12(11-7-5-4-6-8-11)13-9-15(18)16(19-2)10-14(13)17/h5-7,9,11,16,20-21H,8,10H2,1-4H3;3-10,12H,1H2,2H3. The Morgan fingerprint density at radius 2 is 1.58 bits per heavy atom. The lowest BCUT2D eigenvalue weighted by Gasteiger charge is -2.37. The van der Waals surface area contributed by atoms with E-state index < -0.39 is 5.92 Å². The van der Waals surface area contributed by atoms with E-state index in [1.54, 1.807) is 26.4 Å². The third kappa shape index (κ3) is 5.85. The second-order valence-corrected chi connectivity index (χ2v) is 12.2. The van der Waals surface area contributed by atoms with Crippen molar-refractivity contribution in [1.82, 2.24) is 0 Å². The predicted octanol–water partition coefficient (Wildman–Crippen LogP) is 6.35. The number of hydrogen-bond acceptors (Lipinski definition) is 9. The Bertz CT molecular complexity index is 1840. The molecule has 48 heavy (non-hydrogen) atoms. The Balaban J connectivity index is 0.000000184. The molecule has 3 aliphatic heterocycles. The van der Waals surface area contributed by atoms with Crippen molar-refractivity contribution in [2.24, 2.45) is 5.92 Å². The van der Waals surface area contributed by atoms with Crippen LogP contribution in [0.15, 0.2) is 90.7 Å². The maximum atomic E-state index is 13.5. The van der Waals surface area contributed by atoms with Crippen molar-refractivity contribution in [2.45, 2.75) is 44.3 Å². The minimum Gasteiger partial charge on any atom is -0.493 e. The van der Waals surface area contributed by atoms with Crippen molar-refractivity contribution in [1.29, 1.82) is 0 Å². The second kappa shape index (κ2) is 13.4. The second-order valence-electron chi connectivity index (χ2n) is 12.2. The Labute approximate surface area is 279 Å². The lowest BCUT2D eigenvalue weighted by Crippen LogP contribution is -2.43. The number of carbonyl (C=O) groups excluding carboxylic acids is 3. The number of methoxy groups -OCH3 is 3. The smallest absolute Gasteiger partial charge is 0.220 e. The van der Waals surface area contributed by atoms with Crippen LogP contribution in [0, 0.1) is 5.92 Å². The molecular weight excluding hydrogens is 612 g/mol. The molecule has 3 heterocycles. The van der Waals surface area contributed by atoms with E-state index >= 15 is 0 Å². The molecule has 3 aromatic rings. The molecule has 7 rings (SSSR count). The van der Waals surface area contributed by atoms with Crippen LogP contribution >= 0.6 is 0 Å². The van der Waals surface area contributed by atoms with Crippen molar-refractivity contribution < 1.29 is 42.8 Å². The SMILES string of the molecule is C=CC(C1=CC(=O)C(OC)=CC1=O)c1ccccc1.COc1cc2c(cc1OC)C1C(=O)c3ccc4c(c3OC1CO2)CC(C(C)C)O4. The van der Waals surface area contributed by atoms with Gasteiger partial charge < -0.3 is 28.4 Å². The predicted molar refractivity (Wildman–Crippen MR) is 178 cm³/mol. The van der Waals surface area contributed by atoms with E-state index in [0.717, 1.165) is 28.9 Å². The highest BCUT2D eigenvalue weighted by Gasteiger charge is 2.45. The van der Waals surface area contributed by atoms with Crippen LogP contribution in [0.4, 0.5) is 0 Å². The lowest BCUT2D eigenvalue weighted by atomic mass is 9.81. The topological polar surface area (TPSA) is 107 Å². The summed E-state index contributed by atoms with van der Waals surface area (Å²) < 4.78 is 34.0. The van der Waals surface area contributed by atoms with Gasteiger partial charge in [-0.3, -0.25) is 14.4 Å². The van der Waals surface area contributed by atoms with Gasteiger partial charge in [-0.1, -0.05) is 50.3 Å². The Hall–Kier alpha value is -5.31. The minimum absolute atomic E-state index is 0.0452. The quantitative estimate of drug-likeness (QED) is 0.214. The van der Waals surface area contributed by atoms with Crippen molar-refractivity contribution in [3.05, 3.63) is 113 Å². The van der Waals surface area contributed by atoms with Crippen molar-refractivity contribution in [3.8, 4) is 28.7 Å². The summed E-state index contributed by atoms with van der Waals surface area (Å²) >= 11 is 0. The number of Topliss-reactive ketones (excluding diaryl/α,β-unsaturated/α-hetero) is 1. The highest BCUT2D eigenvalue weighted by Crippen LogP contribution is 2.50. The van der Waals surface area contributed by atoms with Gasteiger partial charge in [-0.05, 0) is 35.8 Å². The molecule has 1 aliphatic carbocycles. The summed E-state index contributed by atoms with van der Waals surface area (Å²) in [5, 5.41) is 0. The van der Waals surface area contributed by atoms with Gasteiger partial charge in [0.25, 0.3) is 0 Å². The molecule has 0 spiro atoms. The van der Waals surface area contributed by atoms with Crippen LogP contribution in [0.5, 0.6) is 28.7 Å². The molecule has 4 unspecified atom stereocenters. The first kappa shape index (κ1) is 32.6. The lowest BCUT2D eigenvalue weighted by molar-refractivity contribution is -0.117. The van der Waals surface area contributed by atoms with Crippen LogP contribution in [0.25, 0.3) is 0 Å². The average molecular weight is 651 g/mol. The summed E-state index contributed by atoms with van der Waals surface area (Å²) in [6.45, 7) is 8.33. The van der Waals surface area contributed by atoms with E-state index in [9.17, 15) is 14.4 Å². The van der Waals surface area contributed by atoms with Crippen LogP contribution in [-0.4, -0.2) is 57.5 Å². The molecular formula is C39H38O9. The van der Waals surface area contributed by atoms with Crippen LogP contribution in [0.3, 0.4) is 0 Å². The zero-order valence-electron chi connectivity index (χ0n) is 27.6. The number of ketones is 3. The van der Waals surface area contributed by atoms with Crippen molar-refractivity contribution in [2.75, 3.05) is 27.9 Å². The van der Waals surface area contributed by atoms with Crippen molar-refractivity contribution in [3.63, 3.8) is 0 Å². The van der Waals surface area contributed by atoms with E-state index in [4.69, 9.17) is 28.4 Å². The highest BCUT2D eigenvalue weighted by atomic mass is 16.5. The van der Waals surface area contributed by atoms with E-state index in [1.165, 1.54) is 19.3 Å². The first-order valence-electron chi connectivity index (χ1n) is 15.8. The van der Waals surface area contributed by atoms with Crippen LogP contribution in [0.2, 0.25) is 0 Å². The monoisotopic (exact) mass is 650 g/mol. The van der Waals surface area contributed by atoms with Gasteiger partial charge >= 0.3 is 0 Å². The van der Waals surface area contributed by atoms with Gasteiger partial charge in [0.05, 0.1) is 32.8 Å². The minimum atomic E-state index is -0.438. The third-order valence-corrected chi connectivity index (χ3v) is 9.11. The Kier molecular flexibility index (Phi) is 9.13. The fourth-order valence-corrected chi connectivity index (χ4v) is 6.53. The number of fused-ring (bicyclic) bond motifs is 6. The van der Waals surface area contributed by atoms with Gasteiger partial charge in [-0.2, -0.15) is 0 Å². The molecule has 4 atom stereocenters. The number of rotatable bonds is 7. The molecule has 0 amide bonds. The number of hydrogen-bond donors (Lipinski definition) is 0. The fraction of sp³-hybridized carbons (Fsp3) is 0.308. The molecule has 0 aromatic heterocycles. The molecule has 9 heteroatoms. The Morgan fingerprint density at radius 1 is 0.854 bits per heavy atom. The third-order valence-electron chi connectivity index (χ3n) is 9.11. The van der Waals surface area contributed by atoms with Gasteiger partial charge in [0.1, 0.15) is 36.1 Å². The van der Waals surface area contributed by atoms with Gasteiger partial charge in [0.15, 0.2) is 28.8 Å². The summed E-state index contributed by atoms with van der Waals surface area (Å²) in [6.07, 6.45) is 4.71. The van der Waals surface area contributed by atoms with Gasteiger partial charge in [0, 0.05) is 41.2 Å². The molecule has 0 N–H and O–H groups in total. The average Bonchev–Trinajstić information content (AvgIpc) is 3.56. The Morgan fingerprint density at radius 3 is 2.25 bits per heavy atom. The van der Waals surface area contributed by atoms with Crippen molar-refractivity contribution >= 4 is 17.3 Å². The van der Waals surface area contributed by atoms with Gasteiger partial charge in [-0.25, -0.2) is 0 Å². The molecule has 4 aliphatic rings. The molecule has 0 radical (unpaired) electrons. The fourth-order valence-electron chi connectivity index (χ4n) is 6.53. The normalized spacial score (nSPS) is 20.9. The summed E-state index contributed by atoms with van der Waals surface area (Å²) in [5.74, 6) is 2.52. The molecule has 0 saturated carbocycles. The van der Waals surface area contributed by atoms with Crippen LogP contribution in [0.1, 0.15) is 52.7 Å². The number of benzene rings is 3. The van der Waals surface area contributed by atoms with E-state index in [1.807, 2.05) is 48.5 Å². The van der Waals surface area contributed by atoms with E-state index in [2.05, 4.69) is 20.4 Å². The maximum absolute atomic E-state index is 13.5. The summed E-state index contributed by atoms with van der Waals surface area (Å²) in [4.78, 5) is 37.4. The molecule has 0 bridgehead atoms. The van der Waals surface area contributed by atoms with Crippen LogP contribution in [-0.2, 0) is 20.7 Å². The van der Waals surface area contributed by atoms with Crippen LogP contribution < -0.4 is 23.7 Å². The highest BCUT2D eigenvalue weighted by molar-refractivity contribution is 6.19.